The number of guanidine groups is 1. The maximum atomic E-state index is 13.6. The van der Waals surface area contributed by atoms with Gasteiger partial charge >= 0.3 is 24.4 Å². The third-order valence-electron chi connectivity index (χ3n) is 8.02. The van der Waals surface area contributed by atoms with Crippen molar-refractivity contribution in [1.82, 2.24) is 4.90 Å². The first-order valence-electron chi connectivity index (χ1n) is 14.2. The molecule has 2 aromatic carbocycles. The summed E-state index contributed by atoms with van der Waals surface area (Å²) in [6.45, 7) is 2.37. The lowest BCUT2D eigenvalue weighted by atomic mass is 9.95. The van der Waals surface area contributed by atoms with Crippen LogP contribution in [0.25, 0.3) is 0 Å². The number of carbonyl (C=O) groups excluding carboxylic acids is 2. The van der Waals surface area contributed by atoms with Crippen molar-refractivity contribution in [2.24, 2.45) is 10.5 Å². The Morgan fingerprint density at radius 1 is 0.978 bits per heavy atom. The highest BCUT2D eigenvalue weighted by Gasteiger charge is 2.39. The molecule has 15 heteroatoms. The Kier molecular flexibility index (Phi) is 9.50. The topological polar surface area (TPSA) is 119 Å². The van der Waals surface area contributed by atoms with Crippen molar-refractivity contribution in [3.05, 3.63) is 63.7 Å². The second-order valence-electron chi connectivity index (χ2n) is 11.8. The van der Waals surface area contributed by atoms with Gasteiger partial charge in [-0.05, 0) is 92.5 Å². The lowest BCUT2D eigenvalue weighted by Gasteiger charge is -2.33. The summed E-state index contributed by atoms with van der Waals surface area (Å²) in [6.07, 6.45) is -8.06. The van der Waals surface area contributed by atoms with Gasteiger partial charge in [0.1, 0.15) is 6.61 Å². The lowest BCUT2D eigenvalue weighted by Crippen LogP contribution is -2.38. The fraction of sp³-hybridized carbons (Fsp3) is 0.500. The van der Waals surface area contributed by atoms with Gasteiger partial charge in [-0.25, -0.2) is 10.3 Å². The van der Waals surface area contributed by atoms with E-state index < -0.39 is 59.5 Å². The van der Waals surface area contributed by atoms with Crippen LogP contribution in [0, 0.1) is 16.4 Å². The van der Waals surface area contributed by atoms with Gasteiger partial charge in [0, 0.05) is 13.1 Å². The van der Waals surface area contributed by atoms with Crippen LogP contribution in [0.4, 0.5) is 36.8 Å². The summed E-state index contributed by atoms with van der Waals surface area (Å²) in [5.41, 5.74) is 5.85. The Balaban J connectivity index is 1.77. The lowest BCUT2D eigenvalue weighted by molar-refractivity contribution is -0.152. The van der Waals surface area contributed by atoms with Crippen LogP contribution in [0.1, 0.15) is 72.5 Å². The molecular weight excluding hydrogens is 608 g/mol. The fourth-order valence-electron chi connectivity index (χ4n) is 5.72. The number of carbonyl (C=O) groups is 2. The van der Waals surface area contributed by atoms with E-state index in [1.807, 2.05) is 12.1 Å². The number of benzene rings is 2. The molecule has 9 nitrogen and oxygen atoms in total. The third kappa shape index (κ3) is 7.39. The molecule has 0 saturated carbocycles. The van der Waals surface area contributed by atoms with E-state index in [1.165, 1.54) is 16.9 Å². The van der Waals surface area contributed by atoms with Crippen LogP contribution in [-0.4, -0.2) is 43.2 Å². The Hall–Kier alpha value is -4.17. The van der Waals surface area contributed by atoms with E-state index in [9.17, 15) is 35.9 Å². The van der Waals surface area contributed by atoms with Gasteiger partial charge in [-0.3, -0.25) is 15.1 Å². The molecular formula is C30H33F6N5O4. The van der Waals surface area contributed by atoms with Crippen LogP contribution in [-0.2, 0) is 46.0 Å². The molecule has 1 heterocycles. The predicted molar refractivity (Wildman–Crippen MR) is 150 cm³/mol. The summed E-state index contributed by atoms with van der Waals surface area (Å²) >= 11 is 0. The van der Waals surface area contributed by atoms with Gasteiger partial charge in [-0.1, -0.05) is 6.07 Å². The molecule has 244 valence electrons. The number of hydrogen-bond acceptors (Lipinski definition) is 6. The molecule has 2 N–H and O–H groups in total. The number of amides is 1. The van der Waals surface area contributed by atoms with Gasteiger partial charge in [0.25, 0.3) is 0 Å². The Morgan fingerprint density at radius 2 is 1.58 bits per heavy atom. The number of alkyl halides is 6. The number of aryl methyl sites for hydroxylation is 2. The Labute approximate surface area is 255 Å². The minimum absolute atomic E-state index is 0.0310. The van der Waals surface area contributed by atoms with Crippen molar-refractivity contribution >= 4 is 23.7 Å². The van der Waals surface area contributed by atoms with Crippen LogP contribution in [0.2, 0.25) is 0 Å². The number of esters is 1. The van der Waals surface area contributed by atoms with Crippen LogP contribution < -0.4 is 4.90 Å². The largest absolute Gasteiger partial charge is 0.469 e. The van der Waals surface area contributed by atoms with E-state index in [4.69, 9.17) is 20.4 Å². The van der Waals surface area contributed by atoms with Gasteiger partial charge in [-0.15, -0.1) is 5.11 Å². The summed E-state index contributed by atoms with van der Waals surface area (Å²) in [5, 5.41) is 11.6. The molecule has 1 amide bonds. The minimum atomic E-state index is -5.06. The third-order valence-corrected chi connectivity index (χ3v) is 8.02. The average molecular weight is 642 g/mol. The molecule has 4 rings (SSSR count). The Bertz CT molecular complexity index is 1460. The second-order valence-corrected chi connectivity index (χ2v) is 11.8. The standard InChI is InChI=1S/C30H33F6N5O4/c1-28(2,25(42)44-3)16-45-27(43)40-9-5-8-23(22-12-18-6-4-7-19(18)13-24(22)40)41(26(37)39-38)15-17-10-20(29(31,32)33)14-21(11-17)30(34,35)36/h10-14,23,37-38H,4-9,15-16H2,1-3H3/t23-/m0/s1. The zero-order valence-corrected chi connectivity index (χ0v) is 24.9. The molecule has 0 spiro atoms. The average Bonchev–Trinajstić information content (AvgIpc) is 3.36. The molecule has 2 aliphatic rings. The maximum absolute atomic E-state index is 13.6. The van der Waals surface area contributed by atoms with Crippen molar-refractivity contribution in [3.8, 4) is 0 Å². The number of halogens is 6. The monoisotopic (exact) mass is 641 g/mol. The Morgan fingerprint density at radius 3 is 2.13 bits per heavy atom. The number of hydrogen-bond donors (Lipinski definition) is 2. The summed E-state index contributed by atoms with van der Waals surface area (Å²) in [6, 6.07) is 4.03. The van der Waals surface area contributed by atoms with Gasteiger partial charge < -0.3 is 14.4 Å². The molecule has 0 unspecified atom stereocenters. The zero-order valence-electron chi connectivity index (χ0n) is 24.9. The molecule has 1 aliphatic carbocycles. The number of rotatable bonds is 6. The molecule has 2 aromatic rings. The highest BCUT2D eigenvalue weighted by molar-refractivity contribution is 5.90. The van der Waals surface area contributed by atoms with Gasteiger partial charge in [0.15, 0.2) is 0 Å². The van der Waals surface area contributed by atoms with E-state index in [0.29, 0.717) is 29.8 Å². The van der Waals surface area contributed by atoms with E-state index in [1.54, 1.807) is 13.8 Å². The molecule has 1 atom stereocenters. The number of nitrogens with zero attached hydrogens (tertiary/aromatic N) is 3. The first-order chi connectivity index (χ1) is 21.0. The SMILES string of the molecule is COC(=O)C(C)(C)COC(=O)N1CCC[C@H](N(Cc2cc(C(F)(F)F)cc(C(F)(F)F)c2)C(=N)N=N)c2cc3c(cc21)CCC3. The van der Waals surface area contributed by atoms with E-state index in [-0.39, 0.29) is 31.2 Å². The van der Waals surface area contributed by atoms with Crippen molar-refractivity contribution in [2.75, 3.05) is 25.2 Å². The van der Waals surface area contributed by atoms with Crippen LogP contribution >= 0.6 is 0 Å². The highest BCUT2D eigenvalue weighted by atomic mass is 19.4. The first kappa shape index (κ1) is 33.7. The smallest absolute Gasteiger partial charge is 0.416 e. The number of fused-ring (bicyclic) bond motifs is 2. The van der Waals surface area contributed by atoms with Gasteiger partial charge in [0.05, 0.1) is 35.4 Å². The van der Waals surface area contributed by atoms with Gasteiger partial charge in [0.2, 0.25) is 5.96 Å². The maximum Gasteiger partial charge on any atom is 0.416 e. The molecule has 1 aliphatic heterocycles. The summed E-state index contributed by atoms with van der Waals surface area (Å²) in [7, 11) is 1.22. The summed E-state index contributed by atoms with van der Waals surface area (Å²) < 4.78 is 91.9. The molecule has 0 aromatic heterocycles. The van der Waals surface area contributed by atoms with Crippen molar-refractivity contribution < 1.29 is 45.4 Å². The first-order valence-corrected chi connectivity index (χ1v) is 14.2. The fourth-order valence-corrected chi connectivity index (χ4v) is 5.72. The number of anilines is 1. The van der Waals surface area contributed by atoms with E-state index in [0.717, 1.165) is 30.4 Å². The number of nitrogens with one attached hydrogen (secondary N) is 2. The number of ether oxygens (including phenoxy) is 2. The summed E-state index contributed by atoms with van der Waals surface area (Å²) in [5.74, 6) is -1.26. The summed E-state index contributed by atoms with van der Waals surface area (Å²) in [4.78, 5) is 28.1. The molecule has 0 saturated heterocycles. The molecule has 0 bridgehead atoms. The molecule has 0 fully saturated rings. The van der Waals surface area contributed by atoms with Crippen molar-refractivity contribution in [3.63, 3.8) is 0 Å². The van der Waals surface area contributed by atoms with Crippen molar-refractivity contribution in [2.45, 2.75) is 70.9 Å². The second kappa shape index (κ2) is 12.7. The number of methoxy groups -OCH3 is 1. The van der Waals surface area contributed by atoms with E-state index >= 15 is 0 Å². The quantitative estimate of drug-likeness (QED) is 0.110. The van der Waals surface area contributed by atoms with Crippen LogP contribution in [0.3, 0.4) is 0 Å². The van der Waals surface area contributed by atoms with Crippen molar-refractivity contribution in [1.29, 1.82) is 10.9 Å². The minimum Gasteiger partial charge on any atom is -0.469 e. The predicted octanol–water partition coefficient (Wildman–Crippen LogP) is 7.66. The normalized spacial score (nSPS) is 16.7. The molecule has 0 radical (unpaired) electrons. The highest BCUT2D eigenvalue weighted by Crippen LogP contribution is 2.42. The van der Waals surface area contributed by atoms with E-state index in [2.05, 4.69) is 5.11 Å². The van der Waals surface area contributed by atoms with Gasteiger partial charge in [-0.2, -0.15) is 26.3 Å². The molecule has 45 heavy (non-hydrogen) atoms. The van der Waals surface area contributed by atoms with Crippen LogP contribution in [0.15, 0.2) is 35.4 Å². The van der Waals surface area contributed by atoms with Crippen LogP contribution in [0.5, 0.6) is 0 Å². The zero-order chi connectivity index (χ0) is 33.3.